The topological polar surface area (TPSA) is 34.0 Å². The van der Waals surface area contributed by atoms with Crippen molar-refractivity contribution in [3.63, 3.8) is 0 Å². The van der Waals surface area contributed by atoms with E-state index in [9.17, 15) is 4.79 Å². The average Bonchev–Trinajstić information content (AvgIpc) is 2.82. The van der Waals surface area contributed by atoms with Gasteiger partial charge in [0, 0.05) is 29.7 Å². The lowest BCUT2D eigenvalue weighted by Gasteiger charge is -2.17. The van der Waals surface area contributed by atoms with Crippen LogP contribution in [-0.4, -0.2) is 22.9 Å². The fraction of sp³-hybridized carbons (Fsp3) is 0.438. The SMILES string of the molecule is O=C(CCl)NCCc1c2n(c3ccccc13)CCCC2. The summed E-state index contributed by atoms with van der Waals surface area (Å²) < 4.78 is 2.46. The molecule has 4 heteroatoms. The first-order valence-corrected chi connectivity index (χ1v) is 7.76. The molecule has 1 aromatic carbocycles. The zero-order valence-corrected chi connectivity index (χ0v) is 12.2. The highest BCUT2D eigenvalue weighted by Crippen LogP contribution is 2.30. The third-order valence-corrected chi connectivity index (χ3v) is 4.30. The Hall–Kier alpha value is -1.48. The molecule has 0 spiro atoms. The van der Waals surface area contributed by atoms with Crippen molar-refractivity contribution in [3.05, 3.63) is 35.5 Å². The van der Waals surface area contributed by atoms with Gasteiger partial charge in [0.2, 0.25) is 5.91 Å². The summed E-state index contributed by atoms with van der Waals surface area (Å²) in [6.07, 6.45) is 4.55. The molecule has 0 atom stereocenters. The molecule has 1 aliphatic heterocycles. The van der Waals surface area contributed by atoms with Crippen LogP contribution < -0.4 is 5.32 Å². The molecule has 1 N–H and O–H groups in total. The number of aryl methyl sites for hydroxylation is 1. The van der Waals surface area contributed by atoms with Crippen LogP contribution in [0, 0.1) is 0 Å². The van der Waals surface area contributed by atoms with Gasteiger partial charge in [-0.25, -0.2) is 0 Å². The predicted molar refractivity (Wildman–Crippen MR) is 82.3 cm³/mol. The van der Waals surface area contributed by atoms with Crippen LogP contribution >= 0.6 is 11.6 Å². The van der Waals surface area contributed by atoms with Gasteiger partial charge in [-0.2, -0.15) is 0 Å². The number of alkyl halides is 1. The summed E-state index contributed by atoms with van der Waals surface area (Å²) in [5.41, 5.74) is 4.19. The third-order valence-electron chi connectivity index (χ3n) is 4.06. The molecule has 0 bridgehead atoms. The minimum atomic E-state index is -0.0935. The van der Waals surface area contributed by atoms with Crippen LogP contribution in [-0.2, 0) is 24.2 Å². The lowest BCUT2D eigenvalue weighted by atomic mass is 10.0. The van der Waals surface area contributed by atoms with Crippen molar-refractivity contribution in [1.82, 2.24) is 9.88 Å². The number of carbonyl (C=O) groups is 1. The number of halogens is 1. The molecule has 3 nitrogen and oxygen atoms in total. The van der Waals surface area contributed by atoms with Gasteiger partial charge in [-0.05, 0) is 37.3 Å². The number of nitrogens with zero attached hydrogens (tertiary/aromatic N) is 1. The summed E-state index contributed by atoms with van der Waals surface area (Å²) in [6.45, 7) is 1.77. The van der Waals surface area contributed by atoms with E-state index in [1.54, 1.807) is 0 Å². The van der Waals surface area contributed by atoms with Crippen LogP contribution in [0.25, 0.3) is 10.9 Å². The number of aromatic nitrogens is 1. The maximum Gasteiger partial charge on any atom is 0.234 e. The summed E-state index contributed by atoms with van der Waals surface area (Å²) in [5, 5.41) is 4.20. The van der Waals surface area contributed by atoms with Crippen LogP contribution in [0.3, 0.4) is 0 Å². The zero-order chi connectivity index (χ0) is 13.9. The largest absolute Gasteiger partial charge is 0.355 e. The average molecular weight is 291 g/mol. The van der Waals surface area contributed by atoms with Gasteiger partial charge in [-0.3, -0.25) is 4.79 Å². The lowest BCUT2D eigenvalue weighted by Crippen LogP contribution is -2.26. The summed E-state index contributed by atoms with van der Waals surface area (Å²) in [6, 6.07) is 8.59. The molecule has 2 aromatic rings. The fourth-order valence-electron chi connectivity index (χ4n) is 3.18. The third kappa shape index (κ3) is 2.42. The molecule has 20 heavy (non-hydrogen) atoms. The summed E-state index contributed by atoms with van der Waals surface area (Å²) in [7, 11) is 0. The van der Waals surface area contributed by atoms with Crippen molar-refractivity contribution >= 4 is 28.4 Å². The van der Waals surface area contributed by atoms with E-state index in [0.29, 0.717) is 6.54 Å². The monoisotopic (exact) mass is 290 g/mol. The molecule has 0 saturated heterocycles. The highest BCUT2D eigenvalue weighted by molar-refractivity contribution is 6.27. The van der Waals surface area contributed by atoms with E-state index in [-0.39, 0.29) is 11.8 Å². The molecular formula is C16H19ClN2O. The van der Waals surface area contributed by atoms with Crippen LogP contribution in [0.4, 0.5) is 0 Å². The van der Waals surface area contributed by atoms with Crippen molar-refractivity contribution in [2.45, 2.75) is 32.2 Å². The number of para-hydroxylation sites is 1. The Morgan fingerprint density at radius 2 is 2.15 bits per heavy atom. The first-order valence-electron chi connectivity index (χ1n) is 7.23. The van der Waals surface area contributed by atoms with Gasteiger partial charge in [0.15, 0.2) is 0 Å². The Labute approximate surface area is 123 Å². The second kappa shape index (κ2) is 5.88. The number of hydrogen-bond acceptors (Lipinski definition) is 1. The molecular weight excluding hydrogens is 272 g/mol. The van der Waals surface area contributed by atoms with Gasteiger partial charge in [0.1, 0.15) is 5.88 Å². The minimum absolute atomic E-state index is 0.0363. The van der Waals surface area contributed by atoms with Gasteiger partial charge in [0.05, 0.1) is 0 Å². The van der Waals surface area contributed by atoms with Crippen LogP contribution in [0.1, 0.15) is 24.1 Å². The van der Waals surface area contributed by atoms with Gasteiger partial charge in [-0.15, -0.1) is 11.6 Å². The van der Waals surface area contributed by atoms with Crippen molar-refractivity contribution in [1.29, 1.82) is 0 Å². The molecule has 3 rings (SSSR count). The highest BCUT2D eigenvalue weighted by Gasteiger charge is 2.18. The summed E-state index contributed by atoms with van der Waals surface area (Å²) in [5.74, 6) is -0.0571. The second-order valence-corrected chi connectivity index (χ2v) is 5.55. The zero-order valence-electron chi connectivity index (χ0n) is 11.5. The van der Waals surface area contributed by atoms with E-state index in [1.165, 1.54) is 35.0 Å². The standard InChI is InChI=1S/C16H19ClN2O/c17-11-16(20)18-9-8-13-12-5-1-2-6-14(12)19-10-4-3-7-15(13)19/h1-2,5-6H,3-4,7-11H2,(H,18,20). The number of hydrogen-bond donors (Lipinski definition) is 1. The highest BCUT2D eigenvalue weighted by atomic mass is 35.5. The molecule has 1 aliphatic rings. The molecule has 1 aromatic heterocycles. The van der Waals surface area contributed by atoms with Gasteiger partial charge >= 0.3 is 0 Å². The molecule has 0 saturated carbocycles. The molecule has 0 radical (unpaired) electrons. The quantitative estimate of drug-likeness (QED) is 0.863. The Balaban J connectivity index is 1.91. The first kappa shape index (κ1) is 13.5. The number of benzene rings is 1. The lowest BCUT2D eigenvalue weighted by molar-refractivity contribution is -0.118. The van der Waals surface area contributed by atoms with Gasteiger partial charge in [-0.1, -0.05) is 18.2 Å². The molecule has 0 unspecified atom stereocenters. The Morgan fingerprint density at radius 3 is 3.00 bits per heavy atom. The van der Waals surface area contributed by atoms with E-state index < -0.39 is 0 Å². The van der Waals surface area contributed by atoms with E-state index in [2.05, 4.69) is 34.1 Å². The molecule has 1 amide bonds. The van der Waals surface area contributed by atoms with E-state index in [4.69, 9.17) is 11.6 Å². The normalized spacial score (nSPS) is 14.2. The molecule has 0 fully saturated rings. The van der Waals surface area contributed by atoms with Crippen LogP contribution in [0.2, 0.25) is 0 Å². The summed E-state index contributed by atoms with van der Waals surface area (Å²) in [4.78, 5) is 11.2. The maximum atomic E-state index is 11.2. The summed E-state index contributed by atoms with van der Waals surface area (Å²) >= 11 is 5.51. The molecule has 106 valence electrons. The smallest absolute Gasteiger partial charge is 0.234 e. The Morgan fingerprint density at radius 1 is 1.30 bits per heavy atom. The number of fused-ring (bicyclic) bond motifs is 3. The van der Waals surface area contributed by atoms with Crippen molar-refractivity contribution in [2.75, 3.05) is 12.4 Å². The number of carbonyl (C=O) groups excluding carboxylic acids is 1. The first-order chi connectivity index (χ1) is 9.81. The molecule has 0 aliphatic carbocycles. The Bertz CT molecular complexity index is 633. The maximum absolute atomic E-state index is 11.2. The predicted octanol–water partition coefficient (Wildman–Crippen LogP) is 2.88. The number of amides is 1. The number of nitrogens with one attached hydrogen (secondary N) is 1. The van der Waals surface area contributed by atoms with Crippen molar-refractivity contribution < 1.29 is 4.79 Å². The van der Waals surface area contributed by atoms with E-state index in [1.807, 2.05) is 0 Å². The number of rotatable bonds is 4. The van der Waals surface area contributed by atoms with Crippen LogP contribution in [0.15, 0.2) is 24.3 Å². The minimum Gasteiger partial charge on any atom is -0.355 e. The fourth-order valence-corrected chi connectivity index (χ4v) is 3.28. The second-order valence-electron chi connectivity index (χ2n) is 5.28. The van der Waals surface area contributed by atoms with Crippen molar-refractivity contribution in [3.8, 4) is 0 Å². The van der Waals surface area contributed by atoms with E-state index in [0.717, 1.165) is 19.4 Å². The van der Waals surface area contributed by atoms with Crippen LogP contribution in [0.5, 0.6) is 0 Å². The molecule has 2 heterocycles. The Kier molecular flexibility index (Phi) is 3.97. The van der Waals surface area contributed by atoms with Gasteiger partial charge < -0.3 is 9.88 Å². The van der Waals surface area contributed by atoms with Crippen molar-refractivity contribution in [2.24, 2.45) is 0 Å². The van der Waals surface area contributed by atoms with Gasteiger partial charge in [0.25, 0.3) is 0 Å². The van der Waals surface area contributed by atoms with E-state index >= 15 is 0 Å².